The number of rotatable bonds is 4. The first-order chi connectivity index (χ1) is 6.72. The molecule has 0 unspecified atom stereocenters. The van der Waals surface area contributed by atoms with Crippen LogP contribution in [0.1, 0.15) is 12.0 Å². The van der Waals surface area contributed by atoms with Crippen LogP contribution in [0.5, 0.6) is 0 Å². The van der Waals surface area contributed by atoms with Gasteiger partial charge in [-0.2, -0.15) is 5.26 Å². The molecule has 0 aliphatic heterocycles. The van der Waals surface area contributed by atoms with Crippen molar-refractivity contribution >= 4 is 11.8 Å². The van der Waals surface area contributed by atoms with Gasteiger partial charge in [-0.05, 0) is 5.56 Å². The van der Waals surface area contributed by atoms with E-state index in [1.807, 2.05) is 18.2 Å². The fourth-order valence-corrected chi connectivity index (χ4v) is 1.08. The number of carbonyl (C=O) groups is 2. The van der Waals surface area contributed by atoms with Crippen LogP contribution >= 0.6 is 0 Å². The molecule has 1 aromatic carbocycles. The van der Waals surface area contributed by atoms with E-state index in [0.717, 1.165) is 5.56 Å². The summed E-state index contributed by atoms with van der Waals surface area (Å²) in [5, 5.41) is 7.95. The van der Waals surface area contributed by atoms with Crippen molar-refractivity contribution in [3.8, 4) is 0 Å². The lowest BCUT2D eigenvalue weighted by molar-refractivity contribution is -0.233. The molecular formula is C10H10O4. The number of benzene rings is 1. The van der Waals surface area contributed by atoms with Crippen molar-refractivity contribution in [1.29, 1.82) is 0 Å². The summed E-state index contributed by atoms with van der Waals surface area (Å²) < 4.78 is 0. The summed E-state index contributed by atoms with van der Waals surface area (Å²) in [6, 6.07) is 9.06. The van der Waals surface area contributed by atoms with Gasteiger partial charge >= 0.3 is 5.97 Å². The maximum Gasteiger partial charge on any atom is 0.349 e. The molecule has 1 rings (SSSR count). The molecule has 0 atom stereocenters. The largest absolute Gasteiger partial charge is 0.349 e. The van der Waals surface area contributed by atoms with Crippen LogP contribution in [0.2, 0.25) is 0 Å². The molecular weight excluding hydrogens is 184 g/mol. The summed E-state index contributed by atoms with van der Waals surface area (Å²) in [6.45, 7) is 0. The van der Waals surface area contributed by atoms with Crippen LogP contribution in [0.25, 0.3) is 0 Å². The van der Waals surface area contributed by atoms with Crippen molar-refractivity contribution in [3.05, 3.63) is 35.9 Å². The van der Waals surface area contributed by atoms with Crippen molar-refractivity contribution < 1.29 is 19.7 Å². The predicted molar refractivity (Wildman–Crippen MR) is 48.5 cm³/mol. The molecule has 0 aliphatic carbocycles. The Morgan fingerprint density at radius 1 is 1.21 bits per heavy atom. The molecule has 4 nitrogen and oxygen atoms in total. The number of hydrogen-bond acceptors (Lipinski definition) is 4. The molecule has 0 saturated carbocycles. The molecule has 0 aliphatic rings. The van der Waals surface area contributed by atoms with Crippen LogP contribution in [-0.4, -0.2) is 17.0 Å². The van der Waals surface area contributed by atoms with Gasteiger partial charge in [-0.3, -0.25) is 4.79 Å². The number of carbonyl (C=O) groups excluding carboxylic acids is 2. The molecule has 0 heterocycles. The zero-order valence-corrected chi connectivity index (χ0v) is 7.47. The predicted octanol–water partition coefficient (Wildman–Crippen LogP) is 1.20. The van der Waals surface area contributed by atoms with E-state index in [4.69, 9.17) is 5.26 Å². The smallest absolute Gasteiger partial charge is 0.301 e. The van der Waals surface area contributed by atoms with Gasteiger partial charge in [0.05, 0.1) is 0 Å². The van der Waals surface area contributed by atoms with E-state index in [0.29, 0.717) is 0 Å². The van der Waals surface area contributed by atoms with Gasteiger partial charge in [0, 0.05) is 6.42 Å². The molecule has 0 bridgehead atoms. The Kier molecular flexibility index (Phi) is 3.82. The third-order valence-corrected chi connectivity index (χ3v) is 1.69. The van der Waals surface area contributed by atoms with E-state index in [1.54, 1.807) is 12.1 Å². The maximum atomic E-state index is 11.2. The second kappa shape index (κ2) is 5.14. The molecule has 0 saturated heterocycles. The van der Waals surface area contributed by atoms with Crippen molar-refractivity contribution in [2.75, 3.05) is 0 Å². The quantitative estimate of drug-likeness (QED) is 0.444. The van der Waals surface area contributed by atoms with Crippen molar-refractivity contribution in [3.63, 3.8) is 0 Å². The van der Waals surface area contributed by atoms with Gasteiger partial charge in [0.15, 0.2) is 0 Å². The Hall–Kier alpha value is -1.68. The standard InChI is InChI=1S/C10H10O4/c11-9(7-10(12)14-13)6-8-4-2-1-3-5-8/h1-5,13H,6-7H2. The summed E-state index contributed by atoms with van der Waals surface area (Å²) in [6.07, 6.45) is -0.221. The third kappa shape index (κ3) is 3.37. The van der Waals surface area contributed by atoms with E-state index >= 15 is 0 Å². The van der Waals surface area contributed by atoms with Gasteiger partial charge in [-0.1, -0.05) is 30.3 Å². The van der Waals surface area contributed by atoms with Gasteiger partial charge in [-0.25, -0.2) is 4.79 Å². The van der Waals surface area contributed by atoms with Crippen molar-refractivity contribution in [2.24, 2.45) is 0 Å². The first-order valence-electron chi connectivity index (χ1n) is 4.12. The molecule has 14 heavy (non-hydrogen) atoms. The highest BCUT2D eigenvalue weighted by atomic mass is 17.1. The minimum absolute atomic E-state index is 0.177. The molecule has 0 amide bonds. The lowest BCUT2D eigenvalue weighted by Gasteiger charge is -1.98. The minimum Gasteiger partial charge on any atom is -0.301 e. The number of ketones is 1. The third-order valence-electron chi connectivity index (χ3n) is 1.69. The van der Waals surface area contributed by atoms with Crippen LogP contribution in [0.15, 0.2) is 30.3 Å². The van der Waals surface area contributed by atoms with E-state index in [-0.39, 0.29) is 12.2 Å². The summed E-state index contributed by atoms with van der Waals surface area (Å²) >= 11 is 0. The van der Waals surface area contributed by atoms with E-state index < -0.39 is 12.4 Å². The fraction of sp³-hybridized carbons (Fsp3) is 0.200. The maximum absolute atomic E-state index is 11.2. The van der Waals surface area contributed by atoms with Gasteiger partial charge in [0.1, 0.15) is 12.2 Å². The fourth-order valence-electron chi connectivity index (χ4n) is 1.08. The Morgan fingerprint density at radius 3 is 2.43 bits per heavy atom. The van der Waals surface area contributed by atoms with E-state index in [1.165, 1.54) is 0 Å². The van der Waals surface area contributed by atoms with Gasteiger partial charge in [0.2, 0.25) is 0 Å². The molecule has 1 aromatic rings. The second-order valence-electron chi connectivity index (χ2n) is 2.84. The topological polar surface area (TPSA) is 63.6 Å². The van der Waals surface area contributed by atoms with E-state index in [2.05, 4.69) is 4.89 Å². The Bertz CT molecular complexity index is 318. The van der Waals surface area contributed by atoms with Crippen LogP contribution in [0, 0.1) is 0 Å². The zero-order chi connectivity index (χ0) is 10.4. The average Bonchev–Trinajstić information content (AvgIpc) is 2.19. The highest BCUT2D eigenvalue weighted by Gasteiger charge is 2.10. The van der Waals surface area contributed by atoms with Gasteiger partial charge in [-0.15, -0.1) is 0 Å². The van der Waals surface area contributed by atoms with Crippen molar-refractivity contribution in [1.82, 2.24) is 0 Å². The SMILES string of the molecule is O=C(CC(=O)OO)Cc1ccccc1. The Morgan fingerprint density at radius 2 is 1.86 bits per heavy atom. The van der Waals surface area contributed by atoms with Crippen LogP contribution in [-0.2, 0) is 20.9 Å². The summed E-state index contributed by atoms with van der Waals surface area (Å²) in [5.41, 5.74) is 0.836. The Labute approximate surface area is 81.1 Å². The first-order valence-corrected chi connectivity index (χ1v) is 4.12. The zero-order valence-electron chi connectivity index (χ0n) is 7.47. The van der Waals surface area contributed by atoms with Crippen molar-refractivity contribution in [2.45, 2.75) is 12.8 Å². The molecule has 1 N–H and O–H groups in total. The van der Waals surface area contributed by atoms with Crippen LogP contribution < -0.4 is 0 Å². The lowest BCUT2D eigenvalue weighted by Crippen LogP contribution is -2.11. The lowest BCUT2D eigenvalue weighted by atomic mass is 10.1. The molecule has 0 fully saturated rings. The minimum atomic E-state index is -0.925. The van der Waals surface area contributed by atoms with Crippen LogP contribution in [0.3, 0.4) is 0 Å². The second-order valence-corrected chi connectivity index (χ2v) is 2.84. The summed E-state index contributed by atoms with van der Waals surface area (Å²) in [4.78, 5) is 25.1. The monoisotopic (exact) mass is 194 g/mol. The molecule has 74 valence electrons. The molecule has 0 aromatic heterocycles. The van der Waals surface area contributed by atoms with Gasteiger partial charge in [0.25, 0.3) is 0 Å². The number of hydrogen-bond donors (Lipinski definition) is 1. The summed E-state index contributed by atoms with van der Waals surface area (Å²) in [5.74, 6) is -1.21. The normalized spacial score (nSPS) is 9.50. The van der Waals surface area contributed by atoms with Gasteiger partial charge < -0.3 is 4.89 Å². The molecule has 0 spiro atoms. The summed E-state index contributed by atoms with van der Waals surface area (Å²) in [7, 11) is 0. The Balaban J connectivity index is 2.46. The molecule has 0 radical (unpaired) electrons. The molecule has 4 heteroatoms. The van der Waals surface area contributed by atoms with Crippen LogP contribution in [0.4, 0.5) is 0 Å². The van der Waals surface area contributed by atoms with E-state index in [9.17, 15) is 9.59 Å². The average molecular weight is 194 g/mol. The highest BCUT2D eigenvalue weighted by molar-refractivity contribution is 5.96. The highest BCUT2D eigenvalue weighted by Crippen LogP contribution is 2.02. The number of Topliss-reactive ketones (excluding diaryl/α,β-unsaturated/α-hetero) is 1. The first kappa shape index (κ1) is 10.4.